The summed E-state index contributed by atoms with van der Waals surface area (Å²) in [5, 5.41) is 16.0. The van der Waals surface area contributed by atoms with Crippen molar-refractivity contribution in [2.24, 2.45) is 7.05 Å². The van der Waals surface area contributed by atoms with Crippen LogP contribution in [-0.4, -0.2) is 27.4 Å². The number of carboxylic acid groups (broad SMARTS) is 1. The zero-order valence-electron chi connectivity index (χ0n) is 9.23. The molecular formula is C11H15N3O2. The highest BCUT2D eigenvalue weighted by Crippen LogP contribution is 2.06. The molecule has 86 valence electrons. The van der Waals surface area contributed by atoms with Crippen molar-refractivity contribution < 1.29 is 9.90 Å². The van der Waals surface area contributed by atoms with Crippen LogP contribution < -0.4 is 5.32 Å². The third-order valence-corrected chi connectivity index (χ3v) is 2.26. The predicted molar refractivity (Wildman–Crippen MR) is 59.9 cm³/mol. The summed E-state index contributed by atoms with van der Waals surface area (Å²) in [4.78, 5) is 10.9. The number of nitrogens with zero attached hydrogens (tertiary/aromatic N) is 2. The first-order valence-corrected chi connectivity index (χ1v) is 5.05. The molecule has 0 aliphatic carbocycles. The molecule has 2 N–H and O–H groups in total. The van der Waals surface area contributed by atoms with E-state index in [1.54, 1.807) is 11.7 Å². The first-order valence-electron chi connectivity index (χ1n) is 5.05. The topological polar surface area (TPSA) is 67.2 Å². The van der Waals surface area contributed by atoms with E-state index in [-0.39, 0.29) is 5.56 Å². The zero-order valence-corrected chi connectivity index (χ0v) is 9.23. The van der Waals surface area contributed by atoms with Gasteiger partial charge in [-0.25, -0.2) is 4.79 Å². The standard InChI is InChI=1S/C11H15N3O2/c1-3-4-5-6-12-8-10-9(11(15)16)7-13-14(10)2/h1,7,12H,4-6,8H2,2H3,(H,15,16). The summed E-state index contributed by atoms with van der Waals surface area (Å²) >= 11 is 0. The lowest BCUT2D eigenvalue weighted by Gasteiger charge is -2.05. The highest BCUT2D eigenvalue weighted by molar-refractivity contribution is 5.88. The Bertz CT molecular complexity index is 404. The molecule has 5 heteroatoms. The lowest BCUT2D eigenvalue weighted by Crippen LogP contribution is -2.18. The van der Waals surface area contributed by atoms with Gasteiger partial charge in [0, 0.05) is 20.0 Å². The summed E-state index contributed by atoms with van der Waals surface area (Å²) in [6.07, 6.45) is 8.10. The lowest BCUT2D eigenvalue weighted by molar-refractivity contribution is 0.0695. The van der Waals surface area contributed by atoms with Crippen molar-refractivity contribution in [3.05, 3.63) is 17.5 Å². The molecular weight excluding hydrogens is 206 g/mol. The molecule has 0 bridgehead atoms. The van der Waals surface area contributed by atoms with Crippen LogP contribution in [0.2, 0.25) is 0 Å². The Labute approximate surface area is 94.5 Å². The van der Waals surface area contributed by atoms with Crippen molar-refractivity contribution >= 4 is 5.97 Å². The van der Waals surface area contributed by atoms with Crippen LogP contribution in [0.1, 0.15) is 28.9 Å². The quantitative estimate of drug-likeness (QED) is 0.546. The molecule has 0 unspecified atom stereocenters. The molecule has 5 nitrogen and oxygen atoms in total. The second-order valence-electron chi connectivity index (χ2n) is 3.42. The highest BCUT2D eigenvalue weighted by Gasteiger charge is 2.13. The van der Waals surface area contributed by atoms with Gasteiger partial charge in [0.05, 0.1) is 11.9 Å². The number of terminal acetylenes is 1. The second kappa shape index (κ2) is 5.93. The minimum absolute atomic E-state index is 0.243. The molecule has 0 saturated heterocycles. The molecule has 0 saturated carbocycles. The number of unbranched alkanes of at least 4 members (excludes halogenated alkanes) is 1. The highest BCUT2D eigenvalue weighted by atomic mass is 16.4. The monoisotopic (exact) mass is 221 g/mol. The van der Waals surface area contributed by atoms with Crippen LogP contribution in [0.25, 0.3) is 0 Å². The Morgan fingerprint density at radius 2 is 2.50 bits per heavy atom. The largest absolute Gasteiger partial charge is 0.478 e. The van der Waals surface area contributed by atoms with Crippen LogP contribution in [0.5, 0.6) is 0 Å². The summed E-state index contributed by atoms with van der Waals surface area (Å²) < 4.78 is 1.57. The van der Waals surface area contributed by atoms with E-state index in [0.717, 1.165) is 19.4 Å². The molecule has 1 rings (SSSR count). The van der Waals surface area contributed by atoms with Crippen molar-refractivity contribution in [3.8, 4) is 12.3 Å². The molecule has 1 heterocycles. The van der Waals surface area contributed by atoms with Gasteiger partial charge < -0.3 is 10.4 Å². The molecule has 0 aliphatic rings. The Morgan fingerprint density at radius 1 is 1.75 bits per heavy atom. The first kappa shape index (κ1) is 12.3. The van der Waals surface area contributed by atoms with Crippen molar-refractivity contribution in [2.75, 3.05) is 6.54 Å². The zero-order chi connectivity index (χ0) is 12.0. The van der Waals surface area contributed by atoms with E-state index in [1.165, 1.54) is 6.20 Å². The molecule has 16 heavy (non-hydrogen) atoms. The van der Waals surface area contributed by atoms with Gasteiger partial charge in [-0.3, -0.25) is 4.68 Å². The number of nitrogens with one attached hydrogen (secondary N) is 1. The van der Waals surface area contributed by atoms with Crippen LogP contribution in [0.15, 0.2) is 6.20 Å². The predicted octanol–water partition coefficient (Wildman–Crippen LogP) is 0.621. The maximum atomic E-state index is 10.9. The van der Waals surface area contributed by atoms with Gasteiger partial charge in [0.2, 0.25) is 0 Å². The molecule has 1 aromatic rings. The molecule has 0 radical (unpaired) electrons. The van der Waals surface area contributed by atoms with E-state index in [9.17, 15) is 4.79 Å². The van der Waals surface area contributed by atoms with Gasteiger partial charge in [0.1, 0.15) is 5.56 Å². The third-order valence-electron chi connectivity index (χ3n) is 2.26. The van der Waals surface area contributed by atoms with E-state index in [2.05, 4.69) is 16.3 Å². The second-order valence-corrected chi connectivity index (χ2v) is 3.42. The summed E-state index contributed by atoms with van der Waals surface area (Å²) in [7, 11) is 1.73. The summed E-state index contributed by atoms with van der Waals surface area (Å²) in [5.74, 6) is 1.60. The Morgan fingerprint density at radius 3 is 3.12 bits per heavy atom. The minimum atomic E-state index is -0.950. The lowest BCUT2D eigenvalue weighted by atomic mass is 10.2. The molecule has 0 aromatic carbocycles. The number of hydrogen-bond acceptors (Lipinski definition) is 3. The first-order chi connectivity index (χ1) is 7.66. The van der Waals surface area contributed by atoms with E-state index in [1.807, 2.05) is 0 Å². The molecule has 0 aliphatic heterocycles. The van der Waals surface area contributed by atoms with Gasteiger partial charge in [-0.1, -0.05) is 0 Å². The number of rotatable bonds is 6. The smallest absolute Gasteiger partial charge is 0.339 e. The third kappa shape index (κ3) is 3.11. The van der Waals surface area contributed by atoms with Gasteiger partial charge in [-0.05, 0) is 13.0 Å². The number of carbonyl (C=O) groups is 1. The Balaban J connectivity index is 2.50. The summed E-state index contributed by atoms with van der Waals surface area (Å²) in [5.41, 5.74) is 0.917. The minimum Gasteiger partial charge on any atom is -0.478 e. The van der Waals surface area contributed by atoms with Gasteiger partial charge in [0.25, 0.3) is 0 Å². The fraction of sp³-hybridized carbons (Fsp3) is 0.455. The van der Waals surface area contributed by atoms with Crippen molar-refractivity contribution in [2.45, 2.75) is 19.4 Å². The van der Waals surface area contributed by atoms with Crippen molar-refractivity contribution in [1.82, 2.24) is 15.1 Å². The summed E-state index contributed by atoms with van der Waals surface area (Å²) in [6.45, 7) is 1.26. The molecule has 1 aromatic heterocycles. The number of aryl methyl sites for hydroxylation is 1. The fourth-order valence-electron chi connectivity index (χ4n) is 1.37. The average molecular weight is 221 g/mol. The molecule has 0 atom stereocenters. The van der Waals surface area contributed by atoms with E-state index in [0.29, 0.717) is 12.2 Å². The van der Waals surface area contributed by atoms with Crippen LogP contribution in [-0.2, 0) is 13.6 Å². The van der Waals surface area contributed by atoms with Crippen molar-refractivity contribution in [1.29, 1.82) is 0 Å². The molecule has 0 fully saturated rings. The number of aromatic nitrogens is 2. The maximum absolute atomic E-state index is 10.9. The number of hydrogen-bond donors (Lipinski definition) is 2. The van der Waals surface area contributed by atoms with E-state index >= 15 is 0 Å². The fourth-order valence-corrected chi connectivity index (χ4v) is 1.37. The average Bonchev–Trinajstić information content (AvgIpc) is 2.60. The van der Waals surface area contributed by atoms with Gasteiger partial charge in [0.15, 0.2) is 0 Å². The van der Waals surface area contributed by atoms with E-state index < -0.39 is 5.97 Å². The Kier molecular flexibility index (Phi) is 4.55. The number of carboxylic acids is 1. The number of aromatic carboxylic acids is 1. The van der Waals surface area contributed by atoms with Crippen LogP contribution in [0.4, 0.5) is 0 Å². The van der Waals surface area contributed by atoms with Gasteiger partial charge >= 0.3 is 5.97 Å². The SMILES string of the molecule is C#CCCCNCc1c(C(=O)O)cnn1C. The van der Waals surface area contributed by atoms with Gasteiger partial charge in [-0.15, -0.1) is 12.3 Å². The maximum Gasteiger partial charge on any atom is 0.339 e. The summed E-state index contributed by atoms with van der Waals surface area (Å²) in [6, 6.07) is 0. The molecule has 0 spiro atoms. The van der Waals surface area contributed by atoms with Crippen molar-refractivity contribution in [3.63, 3.8) is 0 Å². The van der Waals surface area contributed by atoms with Crippen LogP contribution in [0.3, 0.4) is 0 Å². The van der Waals surface area contributed by atoms with Gasteiger partial charge in [-0.2, -0.15) is 5.10 Å². The normalized spacial score (nSPS) is 10.0. The van der Waals surface area contributed by atoms with E-state index in [4.69, 9.17) is 11.5 Å². The van der Waals surface area contributed by atoms with Crippen LogP contribution >= 0.6 is 0 Å². The van der Waals surface area contributed by atoms with Crippen LogP contribution in [0, 0.1) is 12.3 Å². The Hall–Kier alpha value is -1.80. The molecule has 0 amide bonds.